The zero-order valence-electron chi connectivity index (χ0n) is 7.63. The Labute approximate surface area is 87.2 Å². The lowest BCUT2D eigenvalue weighted by Gasteiger charge is -1.94. The lowest BCUT2D eigenvalue weighted by Crippen LogP contribution is -2.05. The van der Waals surface area contributed by atoms with Gasteiger partial charge in [0, 0.05) is 6.20 Å². The molecule has 1 aromatic rings. The average molecular weight is 241 g/mol. The van der Waals surface area contributed by atoms with Crippen molar-refractivity contribution >= 4 is 22.0 Å². The average Bonchev–Trinajstić information content (AvgIpc) is 2.13. The van der Waals surface area contributed by atoms with E-state index in [1.807, 2.05) is 19.2 Å². The Hall–Kier alpha value is -0.670. The van der Waals surface area contributed by atoms with Crippen LogP contribution in [0.1, 0.15) is 12.0 Å². The van der Waals surface area contributed by atoms with E-state index in [0.717, 1.165) is 17.6 Å². The van der Waals surface area contributed by atoms with Gasteiger partial charge >= 0.3 is 0 Å². The smallest absolute Gasteiger partial charge is 0.106 e. The number of hydrogen-bond donors (Lipinski definition) is 1. The monoisotopic (exact) mass is 240 g/mol. The minimum Gasteiger partial charge on any atom is -0.319 e. The summed E-state index contributed by atoms with van der Waals surface area (Å²) in [7, 11) is 1.96. The molecule has 0 unspecified atom stereocenters. The quantitative estimate of drug-likeness (QED) is 0.647. The normalized spacial score (nSPS) is 10.9. The Morgan fingerprint density at radius 1 is 1.62 bits per heavy atom. The molecule has 0 aliphatic carbocycles. The summed E-state index contributed by atoms with van der Waals surface area (Å²) >= 11 is 3.33. The molecule has 1 aromatic heterocycles. The Morgan fingerprint density at radius 2 is 2.46 bits per heavy atom. The van der Waals surface area contributed by atoms with Crippen molar-refractivity contribution in [3.8, 4) is 0 Å². The van der Waals surface area contributed by atoms with E-state index in [1.54, 1.807) is 6.20 Å². The van der Waals surface area contributed by atoms with Crippen LogP contribution in [0.4, 0.5) is 0 Å². The van der Waals surface area contributed by atoms with E-state index >= 15 is 0 Å². The number of rotatable bonds is 4. The third-order valence-electron chi connectivity index (χ3n) is 1.62. The van der Waals surface area contributed by atoms with Gasteiger partial charge in [0.05, 0.1) is 0 Å². The van der Waals surface area contributed by atoms with Gasteiger partial charge in [-0.05, 0) is 53.6 Å². The fourth-order valence-electron chi connectivity index (χ4n) is 0.968. The van der Waals surface area contributed by atoms with Crippen molar-refractivity contribution in [3.05, 3.63) is 34.6 Å². The maximum Gasteiger partial charge on any atom is 0.106 e. The fourth-order valence-corrected chi connectivity index (χ4v) is 1.35. The van der Waals surface area contributed by atoms with Crippen LogP contribution in [0.3, 0.4) is 0 Å². The van der Waals surface area contributed by atoms with Crippen LogP contribution in [-0.2, 0) is 0 Å². The molecule has 0 spiro atoms. The molecule has 0 saturated heterocycles. The number of aromatic nitrogens is 1. The summed E-state index contributed by atoms with van der Waals surface area (Å²) in [4.78, 5) is 4.05. The standard InChI is InChI=1S/C10H13BrN2/c1-12-6-3-2-4-9-5-7-13-10(11)8-9/h2,4-5,7-8,12H,3,6H2,1H3. The van der Waals surface area contributed by atoms with Crippen molar-refractivity contribution in [2.75, 3.05) is 13.6 Å². The van der Waals surface area contributed by atoms with Crippen LogP contribution in [0, 0.1) is 0 Å². The van der Waals surface area contributed by atoms with Crippen molar-refractivity contribution in [1.82, 2.24) is 10.3 Å². The number of nitrogens with one attached hydrogen (secondary N) is 1. The summed E-state index contributed by atoms with van der Waals surface area (Å²) in [5.41, 5.74) is 1.18. The molecular formula is C10H13BrN2. The van der Waals surface area contributed by atoms with Gasteiger partial charge in [0.15, 0.2) is 0 Å². The fraction of sp³-hybridized carbons (Fsp3) is 0.300. The highest BCUT2D eigenvalue weighted by molar-refractivity contribution is 9.10. The summed E-state index contributed by atoms with van der Waals surface area (Å²) in [6.07, 6.45) is 7.10. The molecule has 2 nitrogen and oxygen atoms in total. The minimum atomic E-state index is 0.878. The number of halogens is 1. The summed E-state index contributed by atoms with van der Waals surface area (Å²) in [5, 5.41) is 3.09. The molecule has 0 radical (unpaired) electrons. The summed E-state index contributed by atoms with van der Waals surface area (Å²) < 4.78 is 0.878. The largest absolute Gasteiger partial charge is 0.319 e. The van der Waals surface area contributed by atoms with Gasteiger partial charge in [-0.15, -0.1) is 0 Å². The van der Waals surface area contributed by atoms with Crippen molar-refractivity contribution in [3.63, 3.8) is 0 Å². The molecule has 1 heterocycles. The molecule has 0 saturated carbocycles. The predicted octanol–water partition coefficient (Wildman–Crippen LogP) is 2.47. The van der Waals surface area contributed by atoms with E-state index < -0.39 is 0 Å². The first-order valence-electron chi connectivity index (χ1n) is 4.25. The Kier molecular flexibility index (Phi) is 4.72. The molecule has 3 heteroatoms. The highest BCUT2D eigenvalue weighted by atomic mass is 79.9. The molecule has 0 aliphatic rings. The van der Waals surface area contributed by atoms with Crippen LogP contribution in [0.15, 0.2) is 29.0 Å². The molecule has 0 aliphatic heterocycles. The molecule has 0 fully saturated rings. The summed E-state index contributed by atoms with van der Waals surface area (Å²) in [6, 6.07) is 3.98. The molecule has 0 aromatic carbocycles. The number of pyridine rings is 1. The van der Waals surface area contributed by atoms with E-state index in [0.29, 0.717) is 0 Å². The zero-order chi connectivity index (χ0) is 9.52. The van der Waals surface area contributed by atoms with Crippen LogP contribution >= 0.6 is 15.9 Å². The van der Waals surface area contributed by atoms with Crippen LogP contribution in [-0.4, -0.2) is 18.6 Å². The van der Waals surface area contributed by atoms with Gasteiger partial charge < -0.3 is 5.32 Å². The third kappa shape index (κ3) is 4.20. The van der Waals surface area contributed by atoms with Gasteiger partial charge in [-0.25, -0.2) is 4.98 Å². The molecular weight excluding hydrogens is 228 g/mol. The van der Waals surface area contributed by atoms with E-state index in [-0.39, 0.29) is 0 Å². The second kappa shape index (κ2) is 5.89. The van der Waals surface area contributed by atoms with Crippen LogP contribution in [0.25, 0.3) is 6.08 Å². The van der Waals surface area contributed by atoms with Crippen LogP contribution < -0.4 is 5.32 Å². The molecule has 1 rings (SSSR count). The molecule has 0 amide bonds. The summed E-state index contributed by atoms with van der Waals surface area (Å²) in [5.74, 6) is 0. The molecule has 0 atom stereocenters. The maximum absolute atomic E-state index is 4.05. The van der Waals surface area contributed by atoms with E-state index in [4.69, 9.17) is 0 Å². The highest BCUT2D eigenvalue weighted by Gasteiger charge is 1.88. The first kappa shape index (κ1) is 10.4. The van der Waals surface area contributed by atoms with Gasteiger partial charge in [0.25, 0.3) is 0 Å². The minimum absolute atomic E-state index is 0.878. The Morgan fingerprint density at radius 3 is 3.15 bits per heavy atom. The van der Waals surface area contributed by atoms with Crippen molar-refractivity contribution < 1.29 is 0 Å². The molecule has 13 heavy (non-hydrogen) atoms. The Bertz CT molecular complexity index is 284. The van der Waals surface area contributed by atoms with Crippen molar-refractivity contribution in [1.29, 1.82) is 0 Å². The molecule has 0 bridgehead atoms. The third-order valence-corrected chi connectivity index (χ3v) is 2.06. The highest BCUT2D eigenvalue weighted by Crippen LogP contribution is 2.09. The van der Waals surface area contributed by atoms with Crippen LogP contribution in [0.5, 0.6) is 0 Å². The number of hydrogen-bond acceptors (Lipinski definition) is 2. The van der Waals surface area contributed by atoms with Gasteiger partial charge in [-0.2, -0.15) is 0 Å². The zero-order valence-corrected chi connectivity index (χ0v) is 9.21. The summed E-state index contributed by atoms with van der Waals surface area (Å²) in [6.45, 7) is 1.02. The van der Waals surface area contributed by atoms with E-state index in [9.17, 15) is 0 Å². The van der Waals surface area contributed by atoms with Gasteiger partial charge in [-0.1, -0.05) is 12.2 Å². The SMILES string of the molecule is CNCCC=Cc1ccnc(Br)c1. The van der Waals surface area contributed by atoms with Gasteiger partial charge in [0.2, 0.25) is 0 Å². The first-order valence-corrected chi connectivity index (χ1v) is 5.05. The van der Waals surface area contributed by atoms with Crippen molar-refractivity contribution in [2.45, 2.75) is 6.42 Å². The van der Waals surface area contributed by atoms with Gasteiger partial charge in [-0.3, -0.25) is 0 Å². The molecule has 1 N–H and O–H groups in total. The topological polar surface area (TPSA) is 24.9 Å². The predicted molar refractivity (Wildman–Crippen MR) is 59.5 cm³/mol. The van der Waals surface area contributed by atoms with Gasteiger partial charge in [0.1, 0.15) is 4.60 Å². The van der Waals surface area contributed by atoms with E-state index in [1.165, 1.54) is 5.56 Å². The lowest BCUT2D eigenvalue weighted by molar-refractivity contribution is 0.809. The first-order chi connectivity index (χ1) is 6.33. The van der Waals surface area contributed by atoms with Crippen LogP contribution in [0.2, 0.25) is 0 Å². The van der Waals surface area contributed by atoms with E-state index in [2.05, 4.69) is 38.4 Å². The number of nitrogens with zero attached hydrogens (tertiary/aromatic N) is 1. The maximum atomic E-state index is 4.05. The molecule has 70 valence electrons. The Balaban J connectivity index is 2.48. The van der Waals surface area contributed by atoms with Crippen molar-refractivity contribution in [2.24, 2.45) is 0 Å². The second-order valence-corrected chi connectivity index (χ2v) is 3.52. The second-order valence-electron chi connectivity index (χ2n) is 2.71. The lowest BCUT2D eigenvalue weighted by atomic mass is 10.2.